The van der Waals surface area contributed by atoms with Crippen molar-refractivity contribution < 1.29 is 9.90 Å². The van der Waals surface area contributed by atoms with E-state index >= 15 is 0 Å². The van der Waals surface area contributed by atoms with Crippen LogP contribution in [0.2, 0.25) is 0 Å². The van der Waals surface area contributed by atoms with E-state index in [4.69, 9.17) is 0 Å². The second-order valence-electron chi connectivity index (χ2n) is 6.36. The molecule has 4 heteroatoms. The van der Waals surface area contributed by atoms with Gasteiger partial charge >= 0.3 is 5.97 Å². The molecular weight excluding hydrogens is 264 g/mol. The minimum atomic E-state index is -0.848. The number of benzene rings is 1. The first-order chi connectivity index (χ1) is 9.93. The second-order valence-corrected chi connectivity index (χ2v) is 6.36. The maximum absolute atomic E-state index is 11.9. The minimum Gasteiger partial charge on any atom is -0.480 e. The fourth-order valence-electron chi connectivity index (χ4n) is 2.98. The molecular formula is C17H26N2O2. The van der Waals surface area contributed by atoms with Gasteiger partial charge in [-0.2, -0.15) is 0 Å². The van der Waals surface area contributed by atoms with Crippen LogP contribution in [-0.4, -0.2) is 40.6 Å². The van der Waals surface area contributed by atoms with Crippen molar-refractivity contribution >= 4 is 11.7 Å². The van der Waals surface area contributed by atoms with Crippen LogP contribution in [-0.2, 0) is 4.79 Å². The van der Waals surface area contributed by atoms with Crippen molar-refractivity contribution in [3.8, 4) is 0 Å². The van der Waals surface area contributed by atoms with Gasteiger partial charge in [-0.3, -0.25) is 0 Å². The van der Waals surface area contributed by atoms with Gasteiger partial charge in [0.25, 0.3) is 0 Å². The van der Waals surface area contributed by atoms with E-state index in [1.807, 2.05) is 31.2 Å². The van der Waals surface area contributed by atoms with Gasteiger partial charge in [0.2, 0.25) is 0 Å². The highest BCUT2D eigenvalue weighted by molar-refractivity contribution is 5.83. The Labute approximate surface area is 127 Å². The number of aliphatic carboxylic acids is 1. The van der Waals surface area contributed by atoms with Crippen LogP contribution >= 0.6 is 0 Å². The summed E-state index contributed by atoms with van der Waals surface area (Å²) in [6, 6.07) is 8.41. The van der Waals surface area contributed by atoms with Crippen LogP contribution in [0.4, 0.5) is 5.69 Å². The molecule has 2 rings (SSSR count). The lowest BCUT2D eigenvalue weighted by Crippen LogP contribution is -2.47. The van der Waals surface area contributed by atoms with Gasteiger partial charge in [-0.25, -0.2) is 4.79 Å². The summed E-state index contributed by atoms with van der Waals surface area (Å²) in [5.74, 6) is -0.742. The van der Waals surface area contributed by atoms with Gasteiger partial charge in [0.05, 0.1) is 0 Å². The van der Waals surface area contributed by atoms with Crippen LogP contribution in [0.1, 0.15) is 38.7 Å². The minimum absolute atomic E-state index is 0.467. The van der Waals surface area contributed by atoms with Gasteiger partial charge in [-0.05, 0) is 58.7 Å². The fraction of sp³-hybridized carbons (Fsp3) is 0.588. The van der Waals surface area contributed by atoms with Gasteiger partial charge in [0.1, 0.15) is 5.54 Å². The van der Waals surface area contributed by atoms with Crippen molar-refractivity contribution in [3.63, 3.8) is 0 Å². The zero-order chi connectivity index (χ0) is 15.5. The number of aryl methyl sites for hydroxylation is 1. The predicted molar refractivity (Wildman–Crippen MR) is 85.7 cm³/mol. The summed E-state index contributed by atoms with van der Waals surface area (Å²) in [7, 11) is 0. The molecule has 1 heterocycles. The number of rotatable bonds is 4. The summed E-state index contributed by atoms with van der Waals surface area (Å²) in [6.07, 6.45) is 2.21. The van der Waals surface area contributed by atoms with Crippen LogP contribution in [0.5, 0.6) is 0 Å². The first-order valence-corrected chi connectivity index (χ1v) is 7.75. The van der Waals surface area contributed by atoms with E-state index in [0.717, 1.165) is 25.2 Å². The normalized spacial score (nSPS) is 23.8. The molecule has 0 aromatic heterocycles. The predicted octanol–water partition coefficient (Wildman–Crippen LogP) is 3.12. The van der Waals surface area contributed by atoms with Crippen molar-refractivity contribution in [2.45, 2.75) is 51.6 Å². The van der Waals surface area contributed by atoms with Crippen molar-refractivity contribution in [3.05, 3.63) is 29.8 Å². The number of anilines is 1. The number of carboxylic acids is 1. The summed E-state index contributed by atoms with van der Waals surface area (Å²) in [5, 5.41) is 13.1. The van der Waals surface area contributed by atoms with E-state index < -0.39 is 11.5 Å². The lowest BCUT2D eigenvalue weighted by molar-refractivity contribution is -0.142. The number of nitrogens with zero attached hydrogens (tertiary/aromatic N) is 1. The van der Waals surface area contributed by atoms with Crippen molar-refractivity contribution in [1.82, 2.24) is 4.90 Å². The topological polar surface area (TPSA) is 52.6 Å². The van der Waals surface area contributed by atoms with Gasteiger partial charge in [-0.15, -0.1) is 0 Å². The Kier molecular flexibility index (Phi) is 4.88. The monoisotopic (exact) mass is 290 g/mol. The van der Waals surface area contributed by atoms with Crippen molar-refractivity contribution in [2.24, 2.45) is 0 Å². The first kappa shape index (κ1) is 15.8. The van der Waals surface area contributed by atoms with Gasteiger partial charge in [0.15, 0.2) is 0 Å². The maximum Gasteiger partial charge on any atom is 0.329 e. The molecule has 1 saturated heterocycles. The largest absolute Gasteiger partial charge is 0.480 e. The Morgan fingerprint density at radius 2 is 1.90 bits per heavy atom. The average molecular weight is 290 g/mol. The molecule has 1 aliphatic heterocycles. The first-order valence-electron chi connectivity index (χ1n) is 7.75. The lowest BCUT2D eigenvalue weighted by Gasteiger charge is -2.31. The Morgan fingerprint density at radius 1 is 1.24 bits per heavy atom. The highest BCUT2D eigenvalue weighted by Crippen LogP contribution is 2.28. The number of carboxylic acid groups (broad SMARTS) is 1. The van der Waals surface area contributed by atoms with E-state index in [1.165, 1.54) is 5.56 Å². The molecule has 1 aliphatic rings. The highest BCUT2D eigenvalue weighted by atomic mass is 16.4. The summed E-state index contributed by atoms with van der Waals surface area (Å²) >= 11 is 0. The zero-order valence-electron chi connectivity index (χ0n) is 13.2. The molecule has 1 aromatic rings. The molecule has 0 aliphatic carbocycles. The van der Waals surface area contributed by atoms with E-state index in [2.05, 4.69) is 24.1 Å². The third kappa shape index (κ3) is 3.76. The third-order valence-corrected chi connectivity index (χ3v) is 4.45. The summed E-state index contributed by atoms with van der Waals surface area (Å²) in [4.78, 5) is 14.3. The van der Waals surface area contributed by atoms with Crippen LogP contribution < -0.4 is 5.32 Å². The Bertz CT molecular complexity index is 484. The summed E-state index contributed by atoms with van der Waals surface area (Å²) in [6.45, 7) is 8.16. The van der Waals surface area contributed by atoms with Crippen molar-refractivity contribution in [2.75, 3.05) is 18.4 Å². The molecule has 116 valence electrons. The molecule has 0 bridgehead atoms. The van der Waals surface area contributed by atoms with E-state index in [1.54, 1.807) is 0 Å². The number of likely N-dealkylation sites (tertiary alicyclic amines) is 1. The number of hydrogen-bond donors (Lipinski definition) is 2. The quantitative estimate of drug-likeness (QED) is 0.894. The Balaban J connectivity index is 2.17. The maximum atomic E-state index is 11.9. The summed E-state index contributed by atoms with van der Waals surface area (Å²) < 4.78 is 0. The van der Waals surface area contributed by atoms with Gasteiger partial charge in [-0.1, -0.05) is 17.7 Å². The smallest absolute Gasteiger partial charge is 0.329 e. The second kappa shape index (κ2) is 6.48. The molecule has 0 radical (unpaired) electrons. The third-order valence-electron chi connectivity index (χ3n) is 4.45. The SMILES string of the molecule is Cc1ccc(NC2(C(=O)O)CCCN(C(C)C)CC2)cc1. The molecule has 1 unspecified atom stereocenters. The van der Waals surface area contributed by atoms with E-state index in [-0.39, 0.29) is 0 Å². The summed E-state index contributed by atoms with van der Waals surface area (Å²) in [5.41, 5.74) is 1.22. The van der Waals surface area contributed by atoms with Crippen LogP contribution in [0.25, 0.3) is 0 Å². The average Bonchev–Trinajstić information content (AvgIpc) is 2.65. The van der Waals surface area contributed by atoms with E-state index in [9.17, 15) is 9.90 Å². The number of carbonyl (C=O) groups is 1. The number of hydrogen-bond acceptors (Lipinski definition) is 3. The standard InChI is InChI=1S/C17H26N2O2/c1-13(2)19-11-4-9-17(10-12-19,16(20)21)18-15-7-5-14(3)6-8-15/h5-8,13,18H,4,9-12H2,1-3H3,(H,20,21). The van der Waals surface area contributed by atoms with Crippen molar-refractivity contribution in [1.29, 1.82) is 0 Å². The molecule has 21 heavy (non-hydrogen) atoms. The van der Waals surface area contributed by atoms with Gasteiger partial charge < -0.3 is 15.3 Å². The molecule has 0 spiro atoms. The molecule has 1 aromatic carbocycles. The molecule has 0 amide bonds. The Hall–Kier alpha value is -1.55. The number of nitrogens with one attached hydrogen (secondary N) is 1. The van der Waals surface area contributed by atoms with Gasteiger partial charge in [0, 0.05) is 18.3 Å². The zero-order valence-corrected chi connectivity index (χ0v) is 13.2. The molecule has 2 N–H and O–H groups in total. The molecule has 4 nitrogen and oxygen atoms in total. The fourth-order valence-corrected chi connectivity index (χ4v) is 2.98. The Morgan fingerprint density at radius 3 is 2.48 bits per heavy atom. The molecule has 1 fully saturated rings. The van der Waals surface area contributed by atoms with E-state index in [0.29, 0.717) is 18.9 Å². The lowest BCUT2D eigenvalue weighted by atomic mass is 9.90. The molecule has 0 saturated carbocycles. The van der Waals surface area contributed by atoms with Crippen LogP contribution in [0.3, 0.4) is 0 Å². The van der Waals surface area contributed by atoms with Crippen LogP contribution in [0, 0.1) is 6.92 Å². The highest BCUT2D eigenvalue weighted by Gasteiger charge is 2.40. The molecule has 1 atom stereocenters. The van der Waals surface area contributed by atoms with Crippen LogP contribution in [0.15, 0.2) is 24.3 Å².